The van der Waals surface area contributed by atoms with Crippen LogP contribution in [0.3, 0.4) is 0 Å². The van der Waals surface area contributed by atoms with Gasteiger partial charge in [0.15, 0.2) is 0 Å². The van der Waals surface area contributed by atoms with Crippen molar-refractivity contribution in [2.45, 2.75) is 19.4 Å². The highest BCUT2D eigenvalue weighted by molar-refractivity contribution is 6.24. The number of imide groups is 2. The fourth-order valence-electron chi connectivity index (χ4n) is 2.50. The molecule has 1 fully saturated rings. The first-order chi connectivity index (χ1) is 10.0. The molecule has 0 saturated carbocycles. The van der Waals surface area contributed by atoms with E-state index in [1.165, 1.54) is 0 Å². The van der Waals surface area contributed by atoms with Crippen molar-refractivity contribution in [3.63, 3.8) is 0 Å². The zero-order valence-electron chi connectivity index (χ0n) is 11.5. The molecular formula is C14H14N2O5. The molecule has 110 valence electrons. The van der Waals surface area contributed by atoms with Gasteiger partial charge < -0.3 is 5.11 Å². The SMILES string of the molecule is CO.Cc1cccc2c1C(=O)N(C1CC(=O)NC1=O)C2=O. The number of aliphatic hydroxyl groups excluding tert-OH is 1. The monoisotopic (exact) mass is 290 g/mol. The zero-order valence-corrected chi connectivity index (χ0v) is 11.5. The number of nitrogens with one attached hydrogen (secondary N) is 1. The Morgan fingerprint density at radius 3 is 2.33 bits per heavy atom. The van der Waals surface area contributed by atoms with E-state index in [0.29, 0.717) is 11.1 Å². The second-order valence-corrected chi connectivity index (χ2v) is 4.61. The summed E-state index contributed by atoms with van der Waals surface area (Å²) in [4.78, 5) is 48.2. The highest BCUT2D eigenvalue weighted by atomic mass is 16.2. The van der Waals surface area contributed by atoms with E-state index in [4.69, 9.17) is 5.11 Å². The average Bonchev–Trinajstić information content (AvgIpc) is 2.91. The molecule has 2 heterocycles. The lowest BCUT2D eigenvalue weighted by atomic mass is 10.0. The predicted octanol–water partition coefficient (Wildman–Crippen LogP) is -0.385. The van der Waals surface area contributed by atoms with E-state index in [1.54, 1.807) is 25.1 Å². The topological polar surface area (TPSA) is 104 Å². The van der Waals surface area contributed by atoms with Crippen molar-refractivity contribution in [1.29, 1.82) is 0 Å². The molecule has 3 rings (SSSR count). The van der Waals surface area contributed by atoms with Crippen molar-refractivity contribution >= 4 is 23.6 Å². The van der Waals surface area contributed by atoms with Gasteiger partial charge in [-0.25, -0.2) is 0 Å². The maximum atomic E-state index is 12.3. The Kier molecular flexibility index (Phi) is 3.86. The number of carbonyl (C=O) groups excluding carboxylic acids is 4. The minimum Gasteiger partial charge on any atom is -0.400 e. The molecule has 2 N–H and O–H groups in total. The van der Waals surface area contributed by atoms with Crippen LogP contribution in [-0.4, -0.2) is 46.8 Å². The van der Waals surface area contributed by atoms with Gasteiger partial charge in [-0.05, 0) is 18.6 Å². The Balaban J connectivity index is 0.000000774. The summed E-state index contributed by atoms with van der Waals surface area (Å²) < 4.78 is 0. The standard InChI is InChI=1S/C13H10N2O4.CH4O/c1-6-3-2-4-7-10(6)13(19)15(12(7)18)8-5-9(16)14-11(8)17;1-2/h2-4,8H,5H2,1H3,(H,14,16,17);2H,1H3. The van der Waals surface area contributed by atoms with Gasteiger partial charge in [0.05, 0.1) is 17.5 Å². The van der Waals surface area contributed by atoms with Crippen molar-refractivity contribution in [3.8, 4) is 0 Å². The van der Waals surface area contributed by atoms with Crippen LogP contribution in [0.1, 0.15) is 32.7 Å². The lowest BCUT2D eigenvalue weighted by Gasteiger charge is -2.18. The Morgan fingerprint density at radius 2 is 1.81 bits per heavy atom. The minimum atomic E-state index is -1.03. The summed E-state index contributed by atoms with van der Waals surface area (Å²) in [5, 5.41) is 9.10. The number of aryl methyl sites for hydroxylation is 1. The van der Waals surface area contributed by atoms with Gasteiger partial charge in [0, 0.05) is 7.11 Å². The third-order valence-corrected chi connectivity index (χ3v) is 3.41. The molecule has 1 unspecified atom stereocenters. The molecule has 0 aliphatic carbocycles. The molecule has 0 bridgehead atoms. The number of aliphatic hydroxyl groups is 1. The molecular weight excluding hydrogens is 276 g/mol. The average molecular weight is 290 g/mol. The fraction of sp³-hybridized carbons (Fsp3) is 0.286. The molecule has 1 aromatic rings. The molecule has 7 heteroatoms. The number of hydrogen-bond acceptors (Lipinski definition) is 5. The lowest BCUT2D eigenvalue weighted by Crippen LogP contribution is -2.44. The first kappa shape index (κ1) is 14.9. The number of hydrogen-bond donors (Lipinski definition) is 2. The van der Waals surface area contributed by atoms with Crippen LogP contribution in [0.2, 0.25) is 0 Å². The normalized spacial score (nSPS) is 20.1. The van der Waals surface area contributed by atoms with E-state index >= 15 is 0 Å². The van der Waals surface area contributed by atoms with Gasteiger partial charge in [0.2, 0.25) is 11.8 Å². The van der Waals surface area contributed by atoms with Gasteiger partial charge in [-0.15, -0.1) is 0 Å². The molecule has 0 aromatic heterocycles. The van der Waals surface area contributed by atoms with Crippen molar-refractivity contribution in [2.75, 3.05) is 7.11 Å². The number of rotatable bonds is 1. The first-order valence-electron chi connectivity index (χ1n) is 6.26. The molecule has 1 atom stereocenters. The van der Waals surface area contributed by atoms with E-state index in [2.05, 4.69) is 5.32 Å². The van der Waals surface area contributed by atoms with E-state index < -0.39 is 29.7 Å². The second-order valence-electron chi connectivity index (χ2n) is 4.61. The van der Waals surface area contributed by atoms with Crippen LogP contribution >= 0.6 is 0 Å². The van der Waals surface area contributed by atoms with Crippen LogP contribution in [0, 0.1) is 6.92 Å². The summed E-state index contributed by atoms with van der Waals surface area (Å²) in [6.45, 7) is 1.73. The molecule has 7 nitrogen and oxygen atoms in total. The van der Waals surface area contributed by atoms with Crippen LogP contribution in [0.4, 0.5) is 0 Å². The smallest absolute Gasteiger partial charge is 0.262 e. The minimum absolute atomic E-state index is 0.163. The third kappa shape index (κ3) is 2.21. The second kappa shape index (κ2) is 5.45. The lowest BCUT2D eigenvalue weighted by molar-refractivity contribution is -0.125. The summed E-state index contributed by atoms with van der Waals surface area (Å²) in [5.41, 5.74) is 1.29. The summed E-state index contributed by atoms with van der Waals surface area (Å²) in [5.74, 6) is -2.09. The van der Waals surface area contributed by atoms with E-state index in [0.717, 1.165) is 12.0 Å². The number of nitrogens with zero attached hydrogens (tertiary/aromatic N) is 1. The largest absolute Gasteiger partial charge is 0.400 e. The van der Waals surface area contributed by atoms with Crippen LogP contribution in [0.5, 0.6) is 0 Å². The predicted molar refractivity (Wildman–Crippen MR) is 71.4 cm³/mol. The van der Waals surface area contributed by atoms with Gasteiger partial charge in [0.1, 0.15) is 6.04 Å². The van der Waals surface area contributed by atoms with Crippen LogP contribution < -0.4 is 5.32 Å². The Hall–Kier alpha value is -2.54. The van der Waals surface area contributed by atoms with Crippen molar-refractivity contribution in [3.05, 3.63) is 34.9 Å². The van der Waals surface area contributed by atoms with Gasteiger partial charge >= 0.3 is 0 Å². The van der Waals surface area contributed by atoms with Crippen LogP contribution in [0.25, 0.3) is 0 Å². The summed E-state index contributed by atoms with van der Waals surface area (Å²) in [6.07, 6.45) is -0.163. The zero-order chi connectivity index (χ0) is 15.7. The Morgan fingerprint density at radius 1 is 1.14 bits per heavy atom. The summed E-state index contributed by atoms with van der Waals surface area (Å²) in [7, 11) is 1.00. The van der Waals surface area contributed by atoms with Crippen LogP contribution in [0.15, 0.2) is 18.2 Å². The molecule has 1 aromatic carbocycles. The molecule has 0 radical (unpaired) electrons. The van der Waals surface area contributed by atoms with E-state index in [-0.39, 0.29) is 12.0 Å². The highest BCUT2D eigenvalue weighted by Crippen LogP contribution is 2.29. The molecule has 1 saturated heterocycles. The number of fused-ring (bicyclic) bond motifs is 1. The van der Waals surface area contributed by atoms with Crippen LogP contribution in [-0.2, 0) is 9.59 Å². The fourth-order valence-corrected chi connectivity index (χ4v) is 2.50. The molecule has 2 aliphatic rings. The van der Waals surface area contributed by atoms with Gasteiger partial charge in [-0.2, -0.15) is 0 Å². The van der Waals surface area contributed by atoms with Crippen molar-refractivity contribution in [2.24, 2.45) is 0 Å². The number of benzene rings is 1. The summed E-state index contributed by atoms with van der Waals surface area (Å²) >= 11 is 0. The van der Waals surface area contributed by atoms with Gasteiger partial charge in [0.25, 0.3) is 11.8 Å². The van der Waals surface area contributed by atoms with Crippen molar-refractivity contribution in [1.82, 2.24) is 10.2 Å². The highest BCUT2D eigenvalue weighted by Gasteiger charge is 2.46. The van der Waals surface area contributed by atoms with Gasteiger partial charge in [-0.1, -0.05) is 12.1 Å². The first-order valence-corrected chi connectivity index (χ1v) is 6.26. The van der Waals surface area contributed by atoms with E-state index in [1.807, 2.05) is 0 Å². The number of amides is 4. The van der Waals surface area contributed by atoms with Gasteiger partial charge in [-0.3, -0.25) is 29.4 Å². The Labute approximate surface area is 120 Å². The molecule has 2 aliphatic heterocycles. The molecule has 21 heavy (non-hydrogen) atoms. The Bertz CT molecular complexity index is 653. The maximum absolute atomic E-state index is 12.3. The maximum Gasteiger partial charge on any atom is 0.262 e. The van der Waals surface area contributed by atoms with Crippen molar-refractivity contribution < 1.29 is 24.3 Å². The third-order valence-electron chi connectivity index (χ3n) is 3.41. The summed E-state index contributed by atoms with van der Waals surface area (Å²) in [6, 6.07) is 3.94. The van der Waals surface area contributed by atoms with E-state index in [9.17, 15) is 19.2 Å². The molecule has 0 spiro atoms. The number of carbonyl (C=O) groups is 4. The quantitative estimate of drug-likeness (QED) is 0.686. The molecule has 4 amide bonds.